The molecule has 2 heteroatoms. The zero-order valence-corrected chi connectivity index (χ0v) is 6.33. The fourth-order valence-electron chi connectivity index (χ4n) is 1.31. The average molecular weight is 148 g/mol. The summed E-state index contributed by atoms with van der Waals surface area (Å²) in [6.07, 6.45) is 5.99. The molecule has 0 aliphatic carbocycles. The zero-order valence-electron chi connectivity index (χ0n) is 6.33. The molecule has 0 amide bonds. The Bertz CT molecular complexity index is 264. The second kappa shape index (κ2) is 2.82. The van der Waals surface area contributed by atoms with Gasteiger partial charge < -0.3 is 0 Å². The highest BCUT2D eigenvalue weighted by Crippen LogP contribution is 2.10. The topological polar surface area (TPSA) is 25.2 Å². The number of pyridine rings is 1. The van der Waals surface area contributed by atoms with Crippen molar-refractivity contribution in [2.45, 2.75) is 12.8 Å². The van der Waals surface area contributed by atoms with E-state index >= 15 is 0 Å². The van der Waals surface area contributed by atoms with Gasteiger partial charge >= 0.3 is 0 Å². The smallest absolute Gasteiger partial charge is 0.0436 e. The maximum Gasteiger partial charge on any atom is 0.0436 e. The van der Waals surface area contributed by atoms with Crippen molar-refractivity contribution in [1.82, 2.24) is 4.98 Å². The summed E-state index contributed by atoms with van der Waals surface area (Å²) in [6.45, 7) is 0.990. The standard InChI is InChI=1S/C9H10N2/c1-3-8(7-10-5-1)9-4-2-6-11-9/h1,3,5,7H,2,4,6H2/i9+2. The summed E-state index contributed by atoms with van der Waals surface area (Å²) in [5.74, 6) is 0. The van der Waals surface area contributed by atoms with Crippen LogP contribution in [0.1, 0.15) is 18.4 Å². The van der Waals surface area contributed by atoms with Crippen LogP contribution in [0.5, 0.6) is 0 Å². The number of rotatable bonds is 1. The second-order valence-corrected chi connectivity index (χ2v) is 2.67. The third-order valence-electron chi connectivity index (χ3n) is 1.87. The lowest BCUT2D eigenvalue weighted by Gasteiger charge is -1.96. The predicted molar refractivity (Wildman–Crippen MR) is 44.9 cm³/mol. The van der Waals surface area contributed by atoms with Crippen LogP contribution in [-0.4, -0.2) is 17.2 Å². The number of hydrogen-bond acceptors (Lipinski definition) is 2. The van der Waals surface area contributed by atoms with E-state index in [0.717, 1.165) is 13.0 Å². The van der Waals surface area contributed by atoms with Crippen molar-refractivity contribution < 1.29 is 0 Å². The average Bonchev–Trinajstić information content (AvgIpc) is 2.58. The Morgan fingerprint density at radius 1 is 1.45 bits per heavy atom. The molecule has 1 aliphatic rings. The highest BCUT2D eigenvalue weighted by molar-refractivity contribution is 6.01. The first-order valence-electron chi connectivity index (χ1n) is 3.90. The van der Waals surface area contributed by atoms with Crippen LogP contribution in [-0.2, 0) is 0 Å². The summed E-state index contributed by atoms with van der Waals surface area (Å²) < 4.78 is 0. The van der Waals surface area contributed by atoms with E-state index in [1.165, 1.54) is 17.7 Å². The molecule has 0 radical (unpaired) electrons. The first-order chi connectivity index (χ1) is 5.47. The molecule has 1 aromatic rings. The van der Waals surface area contributed by atoms with Crippen LogP contribution in [0.2, 0.25) is 0 Å². The quantitative estimate of drug-likeness (QED) is 0.594. The zero-order chi connectivity index (χ0) is 7.52. The first kappa shape index (κ1) is 6.53. The van der Waals surface area contributed by atoms with Gasteiger partial charge in [-0.25, -0.2) is 0 Å². The Balaban J connectivity index is 2.29. The van der Waals surface area contributed by atoms with Gasteiger partial charge in [-0.3, -0.25) is 9.98 Å². The van der Waals surface area contributed by atoms with Crippen molar-refractivity contribution in [2.75, 3.05) is 6.54 Å². The predicted octanol–water partition coefficient (Wildman–Crippen LogP) is 1.66. The van der Waals surface area contributed by atoms with E-state index in [4.69, 9.17) is 0 Å². The highest BCUT2D eigenvalue weighted by Gasteiger charge is 2.07. The van der Waals surface area contributed by atoms with Gasteiger partial charge in [-0.2, -0.15) is 0 Å². The molecule has 2 nitrogen and oxygen atoms in total. The third kappa shape index (κ3) is 1.29. The fraction of sp³-hybridized carbons (Fsp3) is 0.333. The minimum absolute atomic E-state index is 0.990. The van der Waals surface area contributed by atoms with E-state index in [9.17, 15) is 0 Å². The van der Waals surface area contributed by atoms with Crippen molar-refractivity contribution >= 4 is 5.71 Å². The van der Waals surface area contributed by atoms with Gasteiger partial charge in [0.25, 0.3) is 0 Å². The molecular weight excluding hydrogens is 138 g/mol. The van der Waals surface area contributed by atoms with Crippen LogP contribution in [0.15, 0.2) is 29.5 Å². The molecule has 2 heterocycles. The number of aromatic nitrogens is 1. The molecule has 2 rings (SSSR count). The minimum Gasteiger partial charge on any atom is -0.289 e. The Morgan fingerprint density at radius 3 is 3.09 bits per heavy atom. The molecule has 1 aromatic heterocycles. The van der Waals surface area contributed by atoms with Gasteiger partial charge in [0.1, 0.15) is 0 Å². The molecule has 0 spiro atoms. The highest BCUT2D eigenvalue weighted by atomic mass is 15.3. The van der Waals surface area contributed by atoms with Crippen molar-refractivity contribution in [3.05, 3.63) is 30.1 Å². The Kier molecular flexibility index (Phi) is 1.68. The molecular formula is C9H10N2. The van der Waals surface area contributed by atoms with Gasteiger partial charge in [-0.15, -0.1) is 0 Å². The first-order valence-corrected chi connectivity index (χ1v) is 3.90. The van der Waals surface area contributed by atoms with Crippen LogP contribution < -0.4 is 0 Å². The van der Waals surface area contributed by atoms with E-state index in [2.05, 4.69) is 16.0 Å². The molecule has 0 unspecified atom stereocenters. The number of nitrogens with zero attached hydrogens (tertiary/aromatic N) is 2. The summed E-state index contributed by atoms with van der Waals surface area (Å²) in [4.78, 5) is 8.43. The summed E-state index contributed by atoms with van der Waals surface area (Å²) in [5.41, 5.74) is 2.41. The van der Waals surface area contributed by atoms with E-state index in [0.29, 0.717) is 0 Å². The molecule has 0 N–H and O–H groups in total. The molecule has 1 aliphatic heterocycles. The van der Waals surface area contributed by atoms with Gasteiger partial charge in [-0.1, -0.05) is 6.07 Å². The van der Waals surface area contributed by atoms with Gasteiger partial charge in [-0.05, 0) is 18.9 Å². The van der Waals surface area contributed by atoms with Crippen molar-refractivity contribution in [3.63, 3.8) is 0 Å². The van der Waals surface area contributed by atoms with Gasteiger partial charge in [0.2, 0.25) is 0 Å². The molecule has 0 bridgehead atoms. The van der Waals surface area contributed by atoms with E-state index in [-0.39, 0.29) is 0 Å². The lowest BCUT2D eigenvalue weighted by molar-refractivity contribution is 0.951. The van der Waals surface area contributed by atoms with Gasteiger partial charge in [0, 0.05) is 30.2 Å². The lowest BCUT2D eigenvalue weighted by atomic mass is 10.4. The molecule has 0 atom stereocenters. The second-order valence-electron chi connectivity index (χ2n) is 2.67. The maximum atomic E-state index is 4.38. The largest absolute Gasteiger partial charge is 0.289 e. The number of aliphatic imine (C=N–C) groups is 1. The Labute approximate surface area is 66.0 Å². The summed E-state index contributed by atoms with van der Waals surface area (Å²) in [6, 6.07) is 4.02. The molecule has 11 heavy (non-hydrogen) atoms. The monoisotopic (exact) mass is 148 g/mol. The molecule has 56 valence electrons. The lowest BCUT2D eigenvalue weighted by Crippen LogP contribution is -1.95. The van der Waals surface area contributed by atoms with E-state index in [1.807, 2.05) is 12.3 Å². The molecule has 0 aromatic carbocycles. The summed E-state index contributed by atoms with van der Waals surface area (Å²) >= 11 is 0. The summed E-state index contributed by atoms with van der Waals surface area (Å²) in [7, 11) is 0. The van der Waals surface area contributed by atoms with Crippen molar-refractivity contribution in [2.24, 2.45) is 4.99 Å². The van der Waals surface area contributed by atoms with E-state index in [1.54, 1.807) is 6.20 Å². The van der Waals surface area contributed by atoms with Crippen LogP contribution in [0.25, 0.3) is 0 Å². The Morgan fingerprint density at radius 2 is 2.45 bits per heavy atom. The van der Waals surface area contributed by atoms with Crippen LogP contribution >= 0.6 is 0 Å². The van der Waals surface area contributed by atoms with Crippen molar-refractivity contribution in [1.29, 1.82) is 0 Å². The number of hydrogen-bond donors (Lipinski definition) is 0. The van der Waals surface area contributed by atoms with Crippen LogP contribution in [0, 0.1) is 0 Å². The van der Waals surface area contributed by atoms with Crippen LogP contribution in [0.4, 0.5) is 0 Å². The van der Waals surface area contributed by atoms with Gasteiger partial charge in [0.05, 0.1) is 0 Å². The normalized spacial score (nSPS) is 16.5. The maximum absolute atomic E-state index is 4.38. The molecule has 0 saturated heterocycles. The van der Waals surface area contributed by atoms with E-state index < -0.39 is 0 Å². The fourth-order valence-corrected chi connectivity index (χ4v) is 1.31. The molecule has 0 saturated carbocycles. The SMILES string of the molecule is c1cncc([14C]2=NCCC2)c1. The third-order valence-corrected chi connectivity index (χ3v) is 1.87. The van der Waals surface area contributed by atoms with Crippen molar-refractivity contribution in [3.8, 4) is 0 Å². The molecule has 0 fully saturated rings. The minimum atomic E-state index is 0.990. The van der Waals surface area contributed by atoms with Crippen LogP contribution in [0.3, 0.4) is 0 Å². The van der Waals surface area contributed by atoms with Gasteiger partial charge in [0.15, 0.2) is 0 Å². The summed E-state index contributed by atoms with van der Waals surface area (Å²) in [5, 5.41) is 0. The Hall–Kier alpha value is -1.18.